The number of carbonyl (C=O) groups is 1. The number of hydrogen-bond acceptors (Lipinski definition) is 4. The van der Waals surface area contributed by atoms with Gasteiger partial charge < -0.3 is 10.2 Å². The Labute approximate surface area is 117 Å². The SMILES string of the molecule is Cc1c(CNC2CCC(=O)N(C)C2)cccc1[N+](=O)[O-]. The Bertz CT molecular complexity index is 530. The molecule has 1 saturated heterocycles. The summed E-state index contributed by atoms with van der Waals surface area (Å²) >= 11 is 0. The molecule has 0 bridgehead atoms. The van der Waals surface area contributed by atoms with E-state index >= 15 is 0 Å². The fourth-order valence-electron chi connectivity index (χ4n) is 2.49. The number of likely N-dealkylation sites (tertiary alicyclic amines) is 1. The van der Waals surface area contributed by atoms with Crippen LogP contribution in [0, 0.1) is 17.0 Å². The predicted octanol–water partition coefficient (Wildman–Crippen LogP) is 1.61. The molecule has 1 aromatic carbocycles. The molecular formula is C14H19N3O3. The quantitative estimate of drug-likeness (QED) is 0.670. The third kappa shape index (κ3) is 3.14. The van der Waals surface area contributed by atoms with Gasteiger partial charge in [0.2, 0.25) is 5.91 Å². The van der Waals surface area contributed by atoms with E-state index in [1.807, 2.05) is 6.07 Å². The Morgan fingerprint density at radius 3 is 2.90 bits per heavy atom. The van der Waals surface area contributed by atoms with Crippen LogP contribution in [0.3, 0.4) is 0 Å². The lowest BCUT2D eigenvalue weighted by Crippen LogP contribution is -2.46. The van der Waals surface area contributed by atoms with Gasteiger partial charge in [-0.3, -0.25) is 14.9 Å². The second-order valence-corrected chi connectivity index (χ2v) is 5.21. The highest BCUT2D eigenvalue weighted by Gasteiger charge is 2.22. The Hall–Kier alpha value is -1.95. The van der Waals surface area contributed by atoms with Gasteiger partial charge in [0.25, 0.3) is 5.69 Å². The van der Waals surface area contributed by atoms with Crippen molar-refractivity contribution < 1.29 is 9.72 Å². The Kier molecular flexibility index (Phi) is 4.34. The van der Waals surface area contributed by atoms with Crippen molar-refractivity contribution in [2.75, 3.05) is 13.6 Å². The van der Waals surface area contributed by atoms with E-state index in [0.29, 0.717) is 25.1 Å². The summed E-state index contributed by atoms with van der Waals surface area (Å²) < 4.78 is 0. The van der Waals surface area contributed by atoms with E-state index in [-0.39, 0.29) is 22.6 Å². The summed E-state index contributed by atoms with van der Waals surface area (Å²) in [5, 5.41) is 14.3. The number of likely N-dealkylation sites (N-methyl/N-ethyl adjacent to an activating group) is 1. The number of hydrogen-bond donors (Lipinski definition) is 1. The number of carbonyl (C=O) groups excluding carboxylic acids is 1. The molecule has 6 heteroatoms. The van der Waals surface area contributed by atoms with Gasteiger partial charge >= 0.3 is 0 Å². The van der Waals surface area contributed by atoms with E-state index in [0.717, 1.165) is 12.0 Å². The van der Waals surface area contributed by atoms with Crippen molar-refractivity contribution in [1.29, 1.82) is 0 Å². The van der Waals surface area contributed by atoms with Crippen molar-refractivity contribution in [2.24, 2.45) is 0 Å². The molecule has 2 rings (SSSR count). The molecule has 1 N–H and O–H groups in total. The molecule has 1 unspecified atom stereocenters. The molecule has 0 spiro atoms. The number of nitro benzene ring substituents is 1. The number of amides is 1. The van der Waals surface area contributed by atoms with Crippen LogP contribution in [0.1, 0.15) is 24.0 Å². The smallest absolute Gasteiger partial charge is 0.272 e. The molecule has 1 amide bonds. The first-order valence-electron chi connectivity index (χ1n) is 6.69. The van der Waals surface area contributed by atoms with Crippen molar-refractivity contribution >= 4 is 11.6 Å². The number of piperidine rings is 1. The zero-order valence-electron chi connectivity index (χ0n) is 11.8. The van der Waals surface area contributed by atoms with Crippen LogP contribution in [0.4, 0.5) is 5.69 Å². The van der Waals surface area contributed by atoms with Crippen molar-refractivity contribution in [3.05, 3.63) is 39.4 Å². The van der Waals surface area contributed by atoms with Crippen LogP contribution in [0.15, 0.2) is 18.2 Å². The molecule has 0 aliphatic carbocycles. The zero-order chi connectivity index (χ0) is 14.7. The van der Waals surface area contributed by atoms with Gasteiger partial charge in [-0.1, -0.05) is 12.1 Å². The van der Waals surface area contributed by atoms with Gasteiger partial charge in [0.05, 0.1) is 4.92 Å². The molecule has 1 fully saturated rings. The molecule has 6 nitrogen and oxygen atoms in total. The molecule has 1 aliphatic rings. The summed E-state index contributed by atoms with van der Waals surface area (Å²) in [6, 6.07) is 5.37. The van der Waals surface area contributed by atoms with Crippen LogP contribution in [-0.2, 0) is 11.3 Å². The largest absolute Gasteiger partial charge is 0.344 e. The molecule has 0 saturated carbocycles. The van der Waals surface area contributed by atoms with Crippen LogP contribution < -0.4 is 5.32 Å². The highest BCUT2D eigenvalue weighted by molar-refractivity contribution is 5.76. The van der Waals surface area contributed by atoms with Gasteiger partial charge in [0, 0.05) is 44.2 Å². The number of nitrogens with one attached hydrogen (secondary N) is 1. The van der Waals surface area contributed by atoms with E-state index in [1.54, 1.807) is 24.9 Å². The normalized spacial score (nSPS) is 19.2. The third-order valence-corrected chi connectivity index (χ3v) is 3.82. The van der Waals surface area contributed by atoms with Crippen molar-refractivity contribution in [3.8, 4) is 0 Å². The number of nitro groups is 1. The summed E-state index contributed by atoms with van der Waals surface area (Å²) in [6.45, 7) is 3.04. The minimum atomic E-state index is -0.355. The van der Waals surface area contributed by atoms with Crippen molar-refractivity contribution in [2.45, 2.75) is 32.4 Å². The van der Waals surface area contributed by atoms with Gasteiger partial charge in [0.1, 0.15) is 0 Å². The molecule has 1 aliphatic heterocycles. The van der Waals surface area contributed by atoms with Crippen molar-refractivity contribution in [1.82, 2.24) is 10.2 Å². The lowest BCUT2D eigenvalue weighted by atomic mass is 10.0. The summed E-state index contributed by atoms with van der Waals surface area (Å²) in [7, 11) is 1.80. The van der Waals surface area contributed by atoms with Gasteiger partial charge in [0.15, 0.2) is 0 Å². The van der Waals surface area contributed by atoms with E-state index in [2.05, 4.69) is 5.32 Å². The van der Waals surface area contributed by atoms with Crippen molar-refractivity contribution in [3.63, 3.8) is 0 Å². The highest BCUT2D eigenvalue weighted by atomic mass is 16.6. The van der Waals surface area contributed by atoms with Gasteiger partial charge in [-0.15, -0.1) is 0 Å². The molecule has 0 aromatic heterocycles. The topological polar surface area (TPSA) is 75.5 Å². The summed E-state index contributed by atoms with van der Waals surface area (Å²) in [6.07, 6.45) is 1.37. The monoisotopic (exact) mass is 277 g/mol. The molecule has 20 heavy (non-hydrogen) atoms. The first-order valence-corrected chi connectivity index (χ1v) is 6.69. The molecule has 1 heterocycles. The zero-order valence-corrected chi connectivity index (χ0v) is 11.8. The first-order chi connectivity index (χ1) is 9.49. The molecule has 1 aromatic rings. The van der Waals surface area contributed by atoms with Gasteiger partial charge in [-0.2, -0.15) is 0 Å². The summed E-state index contributed by atoms with van der Waals surface area (Å²) in [4.78, 5) is 23.7. The summed E-state index contributed by atoms with van der Waals surface area (Å²) in [5.41, 5.74) is 1.78. The number of rotatable bonds is 4. The average molecular weight is 277 g/mol. The first kappa shape index (κ1) is 14.5. The minimum absolute atomic E-state index is 0.153. The lowest BCUT2D eigenvalue weighted by Gasteiger charge is -2.30. The average Bonchev–Trinajstić information content (AvgIpc) is 2.41. The number of benzene rings is 1. The van der Waals surface area contributed by atoms with Crippen LogP contribution >= 0.6 is 0 Å². The maximum absolute atomic E-state index is 11.4. The molecule has 1 atom stereocenters. The number of nitrogens with zero attached hydrogens (tertiary/aromatic N) is 2. The second kappa shape index (κ2) is 6.00. The molecule has 108 valence electrons. The Balaban J connectivity index is 1.99. The highest BCUT2D eigenvalue weighted by Crippen LogP contribution is 2.21. The van der Waals surface area contributed by atoms with E-state index in [4.69, 9.17) is 0 Å². The van der Waals surface area contributed by atoms with E-state index in [9.17, 15) is 14.9 Å². The van der Waals surface area contributed by atoms with E-state index in [1.165, 1.54) is 6.07 Å². The fourth-order valence-corrected chi connectivity index (χ4v) is 2.49. The maximum atomic E-state index is 11.4. The van der Waals surface area contributed by atoms with Gasteiger partial charge in [-0.05, 0) is 18.9 Å². The van der Waals surface area contributed by atoms with Crippen LogP contribution in [-0.4, -0.2) is 35.4 Å². The fraction of sp³-hybridized carbons (Fsp3) is 0.500. The predicted molar refractivity (Wildman–Crippen MR) is 75.3 cm³/mol. The molecular weight excluding hydrogens is 258 g/mol. The Morgan fingerprint density at radius 1 is 1.50 bits per heavy atom. The van der Waals surface area contributed by atoms with Gasteiger partial charge in [-0.25, -0.2) is 0 Å². The third-order valence-electron chi connectivity index (χ3n) is 3.82. The Morgan fingerprint density at radius 2 is 2.25 bits per heavy atom. The van der Waals surface area contributed by atoms with Crippen LogP contribution in [0.2, 0.25) is 0 Å². The second-order valence-electron chi connectivity index (χ2n) is 5.21. The maximum Gasteiger partial charge on any atom is 0.272 e. The summed E-state index contributed by atoms with van der Waals surface area (Å²) in [5.74, 6) is 0.176. The van der Waals surface area contributed by atoms with Crippen LogP contribution in [0.5, 0.6) is 0 Å². The standard InChI is InChI=1S/C14H19N3O3/c1-10-11(4-3-5-13(10)17(19)20)8-15-12-6-7-14(18)16(2)9-12/h3-5,12,15H,6-9H2,1-2H3. The molecule has 0 radical (unpaired) electrons. The van der Waals surface area contributed by atoms with E-state index < -0.39 is 0 Å². The minimum Gasteiger partial charge on any atom is -0.344 e. The van der Waals surface area contributed by atoms with Crippen LogP contribution in [0.25, 0.3) is 0 Å². The lowest BCUT2D eigenvalue weighted by molar-refractivity contribution is -0.385.